The number of benzene rings is 2. The molecule has 0 saturated carbocycles. The fraction of sp³-hybridized carbons (Fsp3) is 0.200. The van der Waals surface area contributed by atoms with Gasteiger partial charge in [0.1, 0.15) is 5.69 Å². The molecule has 31 heavy (non-hydrogen) atoms. The van der Waals surface area contributed by atoms with Crippen molar-refractivity contribution in [3.8, 4) is 11.3 Å². The Balaban J connectivity index is 1.22. The van der Waals surface area contributed by atoms with Gasteiger partial charge >= 0.3 is 0 Å². The minimum absolute atomic E-state index is 0.0859. The maximum Gasteiger partial charge on any atom is 0.271 e. The van der Waals surface area contributed by atoms with Crippen LogP contribution >= 0.6 is 11.3 Å². The van der Waals surface area contributed by atoms with Gasteiger partial charge in [0.15, 0.2) is 4.96 Å². The first-order valence-electron chi connectivity index (χ1n) is 10.5. The monoisotopic (exact) mass is 428 g/mol. The van der Waals surface area contributed by atoms with Crippen LogP contribution in [0.15, 0.2) is 78.3 Å². The number of hydrogen-bond donors (Lipinski definition) is 0. The average molecular weight is 429 g/mol. The van der Waals surface area contributed by atoms with Gasteiger partial charge in [0.05, 0.1) is 5.69 Å². The van der Waals surface area contributed by atoms with Crippen molar-refractivity contribution in [2.24, 2.45) is 0 Å². The topological polar surface area (TPSA) is 40.9 Å². The molecule has 1 aliphatic rings. The fourth-order valence-electron chi connectivity index (χ4n) is 3.88. The lowest BCUT2D eigenvalue weighted by molar-refractivity contribution is 0.0644. The zero-order valence-corrected chi connectivity index (χ0v) is 18.0. The molecule has 3 heterocycles. The largest absolute Gasteiger partial charge is 0.335 e. The summed E-state index contributed by atoms with van der Waals surface area (Å²) in [5.74, 6) is 0.0859. The molecule has 2 aromatic heterocycles. The van der Waals surface area contributed by atoms with Crippen LogP contribution in [-0.4, -0.2) is 57.8 Å². The lowest BCUT2D eigenvalue weighted by Crippen LogP contribution is -2.48. The van der Waals surface area contributed by atoms with Crippen LogP contribution in [0.2, 0.25) is 0 Å². The van der Waals surface area contributed by atoms with E-state index < -0.39 is 0 Å². The Morgan fingerprint density at radius 3 is 2.42 bits per heavy atom. The molecule has 0 aliphatic carbocycles. The van der Waals surface area contributed by atoms with Crippen LogP contribution in [0.25, 0.3) is 22.3 Å². The van der Waals surface area contributed by atoms with E-state index in [9.17, 15) is 4.79 Å². The number of thiazole rings is 1. The number of amides is 1. The molecule has 0 N–H and O–H groups in total. The molecule has 2 aromatic carbocycles. The Labute approximate surface area is 185 Å². The summed E-state index contributed by atoms with van der Waals surface area (Å²) in [6.45, 7) is 4.17. The summed E-state index contributed by atoms with van der Waals surface area (Å²) in [6.07, 6.45) is 6.33. The SMILES string of the molecule is O=C(c1csc2nc(-c3ccccc3)cn12)N1CCN(C/C=C/c2ccccc2)CC1. The third kappa shape index (κ3) is 4.31. The third-order valence-electron chi connectivity index (χ3n) is 5.63. The van der Waals surface area contributed by atoms with E-state index in [2.05, 4.69) is 41.3 Å². The summed E-state index contributed by atoms with van der Waals surface area (Å²) in [5, 5.41) is 1.93. The van der Waals surface area contributed by atoms with E-state index in [1.54, 1.807) is 0 Å². The number of imidazole rings is 1. The van der Waals surface area contributed by atoms with Gasteiger partial charge < -0.3 is 4.90 Å². The van der Waals surface area contributed by atoms with Crippen molar-refractivity contribution in [2.45, 2.75) is 0 Å². The highest BCUT2D eigenvalue weighted by Gasteiger charge is 2.24. The predicted octanol–water partition coefficient (Wildman–Crippen LogP) is 4.53. The highest BCUT2D eigenvalue weighted by Crippen LogP contribution is 2.24. The minimum Gasteiger partial charge on any atom is -0.335 e. The van der Waals surface area contributed by atoms with Gasteiger partial charge in [-0.2, -0.15) is 0 Å². The van der Waals surface area contributed by atoms with Crippen LogP contribution in [0, 0.1) is 0 Å². The normalized spacial score (nSPS) is 15.2. The fourth-order valence-corrected chi connectivity index (χ4v) is 4.73. The molecule has 156 valence electrons. The van der Waals surface area contributed by atoms with Crippen molar-refractivity contribution in [1.82, 2.24) is 19.2 Å². The van der Waals surface area contributed by atoms with Crippen LogP contribution in [0.3, 0.4) is 0 Å². The molecule has 4 aromatic rings. The number of aromatic nitrogens is 2. The standard InChI is InChI=1S/C25H24N4OS/c30-24(23-19-31-25-26-22(18-29(23)25)21-11-5-2-6-12-21)28-16-14-27(15-17-28)13-7-10-20-8-3-1-4-9-20/h1-12,18-19H,13-17H2/b10-7+. The van der Waals surface area contributed by atoms with Crippen molar-refractivity contribution >= 4 is 28.3 Å². The number of nitrogens with zero attached hydrogens (tertiary/aromatic N) is 4. The third-order valence-corrected chi connectivity index (χ3v) is 6.47. The van der Waals surface area contributed by atoms with Crippen molar-refractivity contribution in [2.75, 3.05) is 32.7 Å². The van der Waals surface area contributed by atoms with E-state index >= 15 is 0 Å². The van der Waals surface area contributed by atoms with E-state index in [0.29, 0.717) is 5.69 Å². The Bertz CT molecular complexity index is 1190. The number of carbonyl (C=O) groups excluding carboxylic acids is 1. The molecule has 1 amide bonds. The maximum absolute atomic E-state index is 13.2. The number of fused-ring (bicyclic) bond motifs is 1. The number of piperazine rings is 1. The van der Waals surface area contributed by atoms with Crippen molar-refractivity contribution in [3.63, 3.8) is 0 Å². The summed E-state index contributed by atoms with van der Waals surface area (Å²) >= 11 is 1.52. The summed E-state index contributed by atoms with van der Waals surface area (Å²) in [4.78, 5) is 23.1. The smallest absolute Gasteiger partial charge is 0.271 e. The van der Waals surface area contributed by atoms with Gasteiger partial charge in [-0.25, -0.2) is 4.98 Å². The van der Waals surface area contributed by atoms with Crippen LogP contribution in [-0.2, 0) is 0 Å². The molecular weight excluding hydrogens is 404 g/mol. The summed E-state index contributed by atoms with van der Waals surface area (Å²) in [5.41, 5.74) is 3.88. The highest BCUT2D eigenvalue weighted by molar-refractivity contribution is 7.15. The summed E-state index contributed by atoms with van der Waals surface area (Å²) in [7, 11) is 0. The molecule has 5 nitrogen and oxygen atoms in total. The van der Waals surface area contributed by atoms with Gasteiger partial charge in [0.2, 0.25) is 0 Å². The zero-order chi connectivity index (χ0) is 21.0. The van der Waals surface area contributed by atoms with Crippen molar-refractivity contribution in [1.29, 1.82) is 0 Å². The number of carbonyl (C=O) groups is 1. The van der Waals surface area contributed by atoms with E-state index in [1.807, 2.05) is 57.3 Å². The van der Waals surface area contributed by atoms with Crippen molar-refractivity contribution < 1.29 is 4.79 Å². The zero-order valence-electron chi connectivity index (χ0n) is 17.2. The van der Waals surface area contributed by atoms with E-state index in [1.165, 1.54) is 16.9 Å². The van der Waals surface area contributed by atoms with E-state index in [4.69, 9.17) is 4.98 Å². The van der Waals surface area contributed by atoms with Gasteiger partial charge in [-0.1, -0.05) is 72.8 Å². The maximum atomic E-state index is 13.2. The predicted molar refractivity (Wildman–Crippen MR) is 126 cm³/mol. The van der Waals surface area contributed by atoms with Gasteiger partial charge in [-0.05, 0) is 5.56 Å². The van der Waals surface area contributed by atoms with E-state index in [0.717, 1.165) is 48.9 Å². The molecule has 1 aliphatic heterocycles. The minimum atomic E-state index is 0.0859. The lowest BCUT2D eigenvalue weighted by Gasteiger charge is -2.34. The molecule has 1 fully saturated rings. The van der Waals surface area contributed by atoms with Crippen LogP contribution < -0.4 is 0 Å². The first-order valence-corrected chi connectivity index (χ1v) is 11.4. The lowest BCUT2D eigenvalue weighted by atomic mass is 10.2. The average Bonchev–Trinajstić information content (AvgIpc) is 3.42. The quantitative estimate of drug-likeness (QED) is 0.469. The van der Waals surface area contributed by atoms with Gasteiger partial charge in [-0.3, -0.25) is 14.1 Å². The summed E-state index contributed by atoms with van der Waals surface area (Å²) < 4.78 is 1.93. The second kappa shape index (κ2) is 8.88. The molecule has 1 saturated heterocycles. The summed E-state index contributed by atoms with van der Waals surface area (Å²) in [6, 6.07) is 20.4. The second-order valence-corrected chi connectivity index (χ2v) is 8.51. The Morgan fingerprint density at radius 2 is 1.68 bits per heavy atom. The molecule has 0 radical (unpaired) electrons. The van der Waals surface area contributed by atoms with Gasteiger partial charge in [0.25, 0.3) is 5.91 Å². The van der Waals surface area contributed by atoms with E-state index in [-0.39, 0.29) is 5.91 Å². The van der Waals surface area contributed by atoms with Gasteiger partial charge in [-0.15, -0.1) is 11.3 Å². The Hall–Kier alpha value is -3.22. The number of rotatable bonds is 5. The molecule has 0 spiro atoms. The van der Waals surface area contributed by atoms with Crippen LogP contribution in [0.5, 0.6) is 0 Å². The molecule has 0 atom stereocenters. The van der Waals surface area contributed by atoms with Crippen LogP contribution in [0.4, 0.5) is 0 Å². The van der Waals surface area contributed by atoms with Crippen LogP contribution in [0.1, 0.15) is 16.1 Å². The number of hydrogen-bond acceptors (Lipinski definition) is 4. The first-order chi connectivity index (χ1) is 15.3. The highest BCUT2D eigenvalue weighted by atomic mass is 32.1. The second-order valence-electron chi connectivity index (χ2n) is 7.67. The van der Waals surface area contributed by atoms with Crippen molar-refractivity contribution in [3.05, 3.63) is 89.6 Å². The molecule has 6 heteroatoms. The molecule has 0 unspecified atom stereocenters. The Morgan fingerprint density at radius 1 is 0.968 bits per heavy atom. The molecule has 0 bridgehead atoms. The van der Waals surface area contributed by atoms with Gasteiger partial charge in [0, 0.05) is 49.9 Å². The Kier molecular flexibility index (Phi) is 5.65. The first kappa shape index (κ1) is 19.7. The molecule has 5 rings (SSSR count). The molecular formula is C25H24N4OS.